The summed E-state index contributed by atoms with van der Waals surface area (Å²) in [6.45, 7) is 2.66. The van der Waals surface area contributed by atoms with Crippen LogP contribution in [0.2, 0.25) is 0 Å². The molecule has 0 aliphatic heterocycles. The van der Waals surface area contributed by atoms with Gasteiger partial charge < -0.3 is 20.1 Å². The third kappa shape index (κ3) is 7.42. The van der Waals surface area contributed by atoms with E-state index >= 15 is 0 Å². The Labute approximate surface area is 208 Å². The molecule has 9 nitrogen and oxygen atoms in total. The Morgan fingerprint density at radius 2 is 1.69 bits per heavy atom. The van der Waals surface area contributed by atoms with Crippen molar-refractivity contribution in [2.75, 3.05) is 19.0 Å². The number of nitrogens with one attached hydrogen (secondary N) is 2. The Morgan fingerprint density at radius 1 is 1.00 bits per heavy atom. The monoisotopic (exact) mass is 489 g/mol. The number of rotatable bonds is 11. The molecule has 0 saturated heterocycles. The molecule has 3 rings (SSSR count). The second kappa shape index (κ2) is 12.7. The van der Waals surface area contributed by atoms with E-state index in [0.29, 0.717) is 34.9 Å². The number of amides is 2. The van der Waals surface area contributed by atoms with Crippen molar-refractivity contribution in [3.8, 4) is 11.5 Å². The number of carbonyl (C=O) groups excluding carboxylic acids is 2. The number of hydrogen-bond acceptors (Lipinski definition) is 6. The number of methoxy groups -OCH3 is 1. The van der Waals surface area contributed by atoms with Gasteiger partial charge in [0.15, 0.2) is 0 Å². The van der Waals surface area contributed by atoms with E-state index < -0.39 is 16.7 Å². The molecule has 0 aromatic heterocycles. The standard InChI is InChI=1S/C27H27N3O6/c1-3-4-16-36-24-12-8-20(9-13-24)26(31)29-25(18-19-6-5-7-22(17-19)30(33)34)27(32)28-21-10-14-23(35-2)15-11-21/h5-15,17-18H,3-4,16H2,1-2H3,(H,28,32)(H,29,31). The lowest BCUT2D eigenvalue weighted by Gasteiger charge is -2.12. The fraction of sp³-hybridized carbons (Fsp3) is 0.185. The van der Waals surface area contributed by atoms with Crippen LogP contribution in [0.3, 0.4) is 0 Å². The number of nitro benzene ring substituents is 1. The second-order valence-electron chi connectivity index (χ2n) is 7.77. The summed E-state index contributed by atoms with van der Waals surface area (Å²) in [4.78, 5) is 36.6. The summed E-state index contributed by atoms with van der Waals surface area (Å²) >= 11 is 0. The molecule has 3 aromatic carbocycles. The van der Waals surface area contributed by atoms with Crippen LogP contribution in [0.1, 0.15) is 35.7 Å². The first-order valence-corrected chi connectivity index (χ1v) is 11.4. The molecule has 186 valence electrons. The number of nitro groups is 1. The van der Waals surface area contributed by atoms with Crippen molar-refractivity contribution >= 4 is 29.3 Å². The quantitative estimate of drug-likeness (QED) is 0.165. The summed E-state index contributed by atoms with van der Waals surface area (Å²) in [5.41, 5.74) is 0.959. The number of ether oxygens (including phenoxy) is 2. The van der Waals surface area contributed by atoms with Gasteiger partial charge in [0.2, 0.25) is 0 Å². The molecule has 0 bridgehead atoms. The van der Waals surface area contributed by atoms with Crippen molar-refractivity contribution in [1.29, 1.82) is 0 Å². The van der Waals surface area contributed by atoms with E-state index in [2.05, 4.69) is 17.6 Å². The minimum Gasteiger partial charge on any atom is -0.497 e. The summed E-state index contributed by atoms with van der Waals surface area (Å²) in [6, 6.07) is 19.0. The highest BCUT2D eigenvalue weighted by Gasteiger charge is 2.16. The Balaban J connectivity index is 1.83. The third-order valence-corrected chi connectivity index (χ3v) is 5.12. The van der Waals surface area contributed by atoms with Crippen LogP contribution in [0.15, 0.2) is 78.5 Å². The molecule has 0 saturated carbocycles. The van der Waals surface area contributed by atoms with Crippen LogP contribution >= 0.6 is 0 Å². The molecule has 0 spiro atoms. The highest BCUT2D eigenvalue weighted by molar-refractivity contribution is 6.10. The number of carbonyl (C=O) groups is 2. The largest absolute Gasteiger partial charge is 0.497 e. The Hall–Kier alpha value is -4.66. The van der Waals surface area contributed by atoms with Gasteiger partial charge in [-0.2, -0.15) is 0 Å². The van der Waals surface area contributed by atoms with Crippen LogP contribution in [0, 0.1) is 10.1 Å². The molecule has 2 N–H and O–H groups in total. The molecular formula is C27H27N3O6. The van der Waals surface area contributed by atoms with Gasteiger partial charge >= 0.3 is 0 Å². The van der Waals surface area contributed by atoms with E-state index in [1.165, 1.54) is 31.4 Å². The lowest BCUT2D eigenvalue weighted by molar-refractivity contribution is -0.384. The smallest absolute Gasteiger partial charge is 0.272 e. The van der Waals surface area contributed by atoms with Gasteiger partial charge in [-0.15, -0.1) is 0 Å². The van der Waals surface area contributed by atoms with Crippen molar-refractivity contribution in [3.63, 3.8) is 0 Å². The van der Waals surface area contributed by atoms with E-state index in [-0.39, 0.29) is 11.4 Å². The minimum atomic E-state index is -0.598. The molecule has 2 amide bonds. The number of unbranched alkanes of at least 4 members (excludes halogenated alkanes) is 1. The zero-order valence-electron chi connectivity index (χ0n) is 20.0. The van der Waals surface area contributed by atoms with Crippen molar-refractivity contribution in [3.05, 3.63) is 99.7 Å². The zero-order valence-corrected chi connectivity index (χ0v) is 20.0. The lowest BCUT2D eigenvalue weighted by Crippen LogP contribution is -2.30. The number of anilines is 1. The fourth-order valence-electron chi connectivity index (χ4n) is 3.16. The van der Waals surface area contributed by atoms with E-state index in [4.69, 9.17) is 9.47 Å². The Bertz CT molecular complexity index is 1240. The molecular weight excluding hydrogens is 462 g/mol. The summed E-state index contributed by atoms with van der Waals surface area (Å²) in [7, 11) is 1.53. The van der Waals surface area contributed by atoms with E-state index in [9.17, 15) is 19.7 Å². The number of non-ortho nitro benzene ring substituents is 1. The second-order valence-corrected chi connectivity index (χ2v) is 7.77. The SMILES string of the molecule is CCCCOc1ccc(C(=O)NC(=Cc2cccc([N+](=O)[O-])c2)C(=O)Nc2ccc(OC)cc2)cc1. The Morgan fingerprint density at radius 3 is 2.33 bits per heavy atom. The van der Waals surface area contributed by atoms with Crippen LogP contribution < -0.4 is 20.1 Å². The topological polar surface area (TPSA) is 120 Å². The van der Waals surface area contributed by atoms with Gasteiger partial charge in [0.05, 0.1) is 18.6 Å². The predicted octanol–water partition coefficient (Wildman–Crippen LogP) is 5.19. The molecule has 0 fully saturated rings. The maximum absolute atomic E-state index is 13.1. The van der Waals surface area contributed by atoms with Gasteiger partial charge in [-0.25, -0.2) is 0 Å². The first-order chi connectivity index (χ1) is 17.4. The molecule has 9 heteroatoms. The molecule has 0 aliphatic rings. The van der Waals surface area contributed by atoms with Crippen LogP contribution in [0.25, 0.3) is 6.08 Å². The fourth-order valence-corrected chi connectivity index (χ4v) is 3.16. The number of hydrogen-bond donors (Lipinski definition) is 2. The molecule has 0 heterocycles. The van der Waals surface area contributed by atoms with Crippen molar-refractivity contribution in [2.45, 2.75) is 19.8 Å². The maximum Gasteiger partial charge on any atom is 0.272 e. The normalized spacial score (nSPS) is 10.9. The Kier molecular flexibility index (Phi) is 9.16. The highest BCUT2D eigenvalue weighted by Crippen LogP contribution is 2.19. The van der Waals surface area contributed by atoms with Crippen LogP contribution in [0.5, 0.6) is 11.5 Å². The molecule has 0 aliphatic carbocycles. The lowest BCUT2D eigenvalue weighted by atomic mass is 10.1. The molecule has 0 atom stereocenters. The van der Waals surface area contributed by atoms with Crippen molar-refractivity contribution in [1.82, 2.24) is 5.32 Å². The van der Waals surface area contributed by atoms with E-state index in [1.807, 2.05) is 0 Å². The molecule has 0 unspecified atom stereocenters. The molecule has 3 aromatic rings. The van der Waals surface area contributed by atoms with Gasteiger partial charge in [-0.3, -0.25) is 19.7 Å². The van der Waals surface area contributed by atoms with Gasteiger partial charge in [-0.1, -0.05) is 25.5 Å². The van der Waals surface area contributed by atoms with Gasteiger partial charge in [0, 0.05) is 23.4 Å². The average Bonchev–Trinajstić information content (AvgIpc) is 2.89. The van der Waals surface area contributed by atoms with Crippen LogP contribution in [0.4, 0.5) is 11.4 Å². The average molecular weight is 490 g/mol. The zero-order chi connectivity index (χ0) is 25.9. The third-order valence-electron chi connectivity index (χ3n) is 5.12. The molecule has 36 heavy (non-hydrogen) atoms. The number of nitrogens with zero attached hydrogens (tertiary/aromatic N) is 1. The predicted molar refractivity (Wildman–Crippen MR) is 137 cm³/mol. The van der Waals surface area contributed by atoms with E-state index in [0.717, 1.165) is 12.8 Å². The van der Waals surface area contributed by atoms with Crippen LogP contribution in [-0.4, -0.2) is 30.5 Å². The van der Waals surface area contributed by atoms with Gasteiger partial charge in [-0.05, 0) is 66.6 Å². The number of benzene rings is 3. The maximum atomic E-state index is 13.1. The first kappa shape index (κ1) is 26.0. The summed E-state index contributed by atoms with van der Waals surface area (Å²) in [5.74, 6) is 0.150. The summed E-state index contributed by atoms with van der Waals surface area (Å²) < 4.78 is 10.7. The highest BCUT2D eigenvalue weighted by atomic mass is 16.6. The minimum absolute atomic E-state index is 0.0837. The van der Waals surface area contributed by atoms with Gasteiger partial charge in [0.25, 0.3) is 17.5 Å². The van der Waals surface area contributed by atoms with Crippen LogP contribution in [-0.2, 0) is 4.79 Å². The van der Waals surface area contributed by atoms with Crippen molar-refractivity contribution in [2.24, 2.45) is 0 Å². The van der Waals surface area contributed by atoms with E-state index in [1.54, 1.807) is 54.6 Å². The van der Waals surface area contributed by atoms with Crippen molar-refractivity contribution < 1.29 is 24.0 Å². The van der Waals surface area contributed by atoms with Gasteiger partial charge in [0.1, 0.15) is 17.2 Å². The summed E-state index contributed by atoms with van der Waals surface area (Å²) in [6.07, 6.45) is 3.32. The summed E-state index contributed by atoms with van der Waals surface area (Å²) in [5, 5.41) is 16.5. The molecule has 0 radical (unpaired) electrons. The first-order valence-electron chi connectivity index (χ1n) is 11.4.